The molecular weight excluding hydrogens is 538 g/mol. The van der Waals surface area contributed by atoms with Crippen molar-refractivity contribution in [3.8, 4) is 11.5 Å². The molecular formula is C21H10F6N10O2. The molecule has 0 aliphatic heterocycles. The lowest BCUT2D eigenvalue weighted by Crippen LogP contribution is -2.21. The maximum Gasteiger partial charge on any atom is 0.434 e. The average molecular weight is 548 g/mol. The van der Waals surface area contributed by atoms with E-state index in [1.165, 1.54) is 22.7 Å². The van der Waals surface area contributed by atoms with Crippen molar-refractivity contribution in [1.82, 2.24) is 44.1 Å². The van der Waals surface area contributed by atoms with E-state index in [4.69, 9.17) is 0 Å². The highest BCUT2D eigenvalue weighted by Gasteiger charge is 2.41. The molecule has 18 heteroatoms. The molecule has 6 rings (SSSR count). The molecule has 0 radical (unpaired) electrons. The maximum atomic E-state index is 14.2. The number of imidazole rings is 2. The molecule has 6 aromatic heterocycles. The summed E-state index contributed by atoms with van der Waals surface area (Å²) in [6.07, 6.45) is -5.21. The molecule has 0 aliphatic carbocycles. The number of alkyl halides is 6. The van der Waals surface area contributed by atoms with Crippen molar-refractivity contribution < 1.29 is 31.1 Å². The van der Waals surface area contributed by atoms with Gasteiger partial charge in [-0.3, -0.25) is 14.0 Å². The Morgan fingerprint density at radius 2 is 1.67 bits per heavy atom. The monoisotopic (exact) mass is 548 g/mol. The molecule has 0 atom stereocenters. The molecule has 0 fully saturated rings. The van der Waals surface area contributed by atoms with Gasteiger partial charge in [0.15, 0.2) is 11.5 Å². The van der Waals surface area contributed by atoms with E-state index < -0.39 is 52.1 Å². The van der Waals surface area contributed by atoms with E-state index in [1.807, 2.05) is 5.32 Å². The lowest BCUT2D eigenvalue weighted by molar-refractivity contribution is -0.143. The summed E-state index contributed by atoms with van der Waals surface area (Å²) < 4.78 is 85.4. The smallest absolute Gasteiger partial charge is 0.320 e. The number of anilines is 1. The second-order valence-corrected chi connectivity index (χ2v) is 8.04. The van der Waals surface area contributed by atoms with Crippen molar-refractivity contribution in [3.63, 3.8) is 0 Å². The van der Waals surface area contributed by atoms with E-state index >= 15 is 0 Å². The van der Waals surface area contributed by atoms with Gasteiger partial charge >= 0.3 is 12.4 Å². The summed E-state index contributed by atoms with van der Waals surface area (Å²) in [7, 11) is 0. The topological polar surface area (TPSA) is 141 Å². The Labute approximate surface area is 209 Å². The van der Waals surface area contributed by atoms with E-state index in [2.05, 4.69) is 30.2 Å². The van der Waals surface area contributed by atoms with Gasteiger partial charge < -0.3 is 10.3 Å². The highest BCUT2D eigenvalue weighted by molar-refractivity contribution is 6.05. The molecule has 0 spiro atoms. The van der Waals surface area contributed by atoms with Crippen molar-refractivity contribution in [2.75, 3.05) is 5.32 Å². The molecule has 6 aromatic rings. The fourth-order valence-electron chi connectivity index (χ4n) is 4.09. The van der Waals surface area contributed by atoms with Gasteiger partial charge in [0.05, 0.1) is 53.4 Å². The Balaban J connectivity index is 1.42. The van der Waals surface area contributed by atoms with E-state index in [1.54, 1.807) is 0 Å². The number of carbonyl (C=O) groups is 1. The average Bonchev–Trinajstić information content (AvgIpc) is 3.66. The third-order valence-electron chi connectivity index (χ3n) is 5.66. The molecule has 0 aliphatic rings. The number of aromatic nitrogens is 9. The minimum Gasteiger partial charge on any atom is -0.320 e. The van der Waals surface area contributed by atoms with Crippen molar-refractivity contribution in [3.05, 3.63) is 76.4 Å². The summed E-state index contributed by atoms with van der Waals surface area (Å²) in [5.41, 5.74) is -4.76. The van der Waals surface area contributed by atoms with Gasteiger partial charge in [-0.2, -0.15) is 41.6 Å². The highest BCUT2D eigenvalue weighted by Crippen LogP contribution is 2.36. The van der Waals surface area contributed by atoms with Gasteiger partial charge in [-0.25, -0.2) is 14.6 Å². The molecule has 0 saturated heterocycles. The number of nitrogens with one attached hydrogen (secondary N) is 2. The molecule has 39 heavy (non-hydrogen) atoms. The Kier molecular flexibility index (Phi) is 5.00. The number of aromatic amines is 1. The molecule has 6 heterocycles. The molecule has 2 N–H and O–H groups in total. The lowest BCUT2D eigenvalue weighted by atomic mass is 10.2. The predicted molar refractivity (Wildman–Crippen MR) is 119 cm³/mol. The number of carbonyl (C=O) groups excluding carboxylic acids is 1. The second kappa shape index (κ2) is 8.10. The fourth-order valence-corrected chi connectivity index (χ4v) is 4.09. The number of amides is 1. The third-order valence-corrected chi connectivity index (χ3v) is 5.66. The van der Waals surface area contributed by atoms with Crippen LogP contribution in [0.25, 0.3) is 28.3 Å². The molecule has 0 unspecified atom stereocenters. The van der Waals surface area contributed by atoms with E-state index in [9.17, 15) is 35.9 Å². The fraction of sp³-hybridized carbons (Fsp3) is 0.0952. The normalized spacial score (nSPS) is 12.6. The van der Waals surface area contributed by atoms with Crippen molar-refractivity contribution >= 4 is 28.4 Å². The second-order valence-electron chi connectivity index (χ2n) is 8.04. The van der Waals surface area contributed by atoms with Gasteiger partial charge in [0.25, 0.3) is 11.5 Å². The molecule has 198 valence electrons. The Morgan fingerprint density at radius 1 is 0.923 bits per heavy atom. The first-order valence-corrected chi connectivity index (χ1v) is 10.7. The van der Waals surface area contributed by atoms with E-state index in [0.717, 1.165) is 18.6 Å². The molecule has 1 amide bonds. The van der Waals surface area contributed by atoms with Crippen molar-refractivity contribution in [2.45, 2.75) is 12.4 Å². The zero-order valence-electron chi connectivity index (χ0n) is 18.8. The summed E-state index contributed by atoms with van der Waals surface area (Å²) in [5.74, 6) is -2.09. The Bertz CT molecular complexity index is 1920. The van der Waals surface area contributed by atoms with Crippen LogP contribution in [0.1, 0.15) is 21.6 Å². The third kappa shape index (κ3) is 3.83. The van der Waals surface area contributed by atoms with Crippen LogP contribution in [-0.2, 0) is 12.4 Å². The minimum atomic E-state index is -5.12. The Morgan fingerprint density at radius 3 is 2.36 bits per heavy atom. The van der Waals surface area contributed by atoms with E-state index in [0.29, 0.717) is 21.7 Å². The van der Waals surface area contributed by atoms with Crippen molar-refractivity contribution in [2.24, 2.45) is 0 Å². The summed E-state index contributed by atoms with van der Waals surface area (Å²) in [4.78, 5) is 35.5. The highest BCUT2D eigenvalue weighted by atomic mass is 19.4. The Hall–Kier alpha value is -5.29. The number of hydrogen-bond acceptors (Lipinski definition) is 7. The largest absolute Gasteiger partial charge is 0.434 e. The maximum absolute atomic E-state index is 14.2. The molecule has 0 saturated carbocycles. The quantitative estimate of drug-likeness (QED) is 0.323. The lowest BCUT2D eigenvalue weighted by Gasteiger charge is -2.15. The first-order chi connectivity index (χ1) is 18.4. The van der Waals surface area contributed by atoms with Crippen LogP contribution in [0.2, 0.25) is 0 Å². The van der Waals surface area contributed by atoms with Crippen LogP contribution in [-0.4, -0.2) is 50.0 Å². The number of nitrogens with zero attached hydrogens (tertiary/aromatic N) is 8. The number of hydrogen-bond donors (Lipinski definition) is 2. The molecule has 0 bridgehead atoms. The summed E-state index contributed by atoms with van der Waals surface area (Å²) in [5, 5.41) is 12.9. The SMILES string of the molecule is O=C(Nc1cnc(-n2nccn2)c(C(F)(F)F)c1)c1cnn(-c2ccc3[nH]c(=O)c4ncc2n34)c1C(F)(F)F. The standard InChI is InChI=1S/C21H10F6N10O2/c22-20(23,24)11-5-9(6-28-16(11)37-30-3-4-31-37)33-18(38)10-7-32-36(15(10)21(25,26)27)12-1-2-14-34-19(39)17-29-8-13(12)35(14)17/h1-8H,(H,33,38)(H,34,39). The zero-order valence-corrected chi connectivity index (χ0v) is 18.8. The zero-order chi connectivity index (χ0) is 27.7. The summed E-state index contributed by atoms with van der Waals surface area (Å²) in [6.45, 7) is 0. The van der Waals surface area contributed by atoms with Gasteiger partial charge in [0, 0.05) is 0 Å². The van der Waals surface area contributed by atoms with Crippen LogP contribution >= 0.6 is 0 Å². The number of pyridine rings is 2. The van der Waals surface area contributed by atoms with Crippen molar-refractivity contribution in [1.29, 1.82) is 0 Å². The number of rotatable bonds is 4. The molecule has 0 aromatic carbocycles. The first kappa shape index (κ1) is 24.1. The van der Waals surface area contributed by atoms with Crippen LogP contribution in [0, 0.1) is 0 Å². The minimum absolute atomic E-state index is 0.0535. The van der Waals surface area contributed by atoms with E-state index in [-0.39, 0.29) is 22.5 Å². The summed E-state index contributed by atoms with van der Waals surface area (Å²) in [6, 6.07) is 3.07. The number of H-pyrrole nitrogens is 1. The van der Waals surface area contributed by atoms with Crippen LogP contribution < -0.4 is 10.9 Å². The van der Waals surface area contributed by atoms with Gasteiger partial charge in [0.2, 0.25) is 5.65 Å². The van der Waals surface area contributed by atoms with Gasteiger partial charge in [-0.15, -0.1) is 4.80 Å². The van der Waals surface area contributed by atoms with Crippen LogP contribution in [0.3, 0.4) is 0 Å². The number of halogens is 6. The summed E-state index contributed by atoms with van der Waals surface area (Å²) >= 11 is 0. The first-order valence-electron chi connectivity index (χ1n) is 10.7. The van der Waals surface area contributed by atoms with Gasteiger partial charge in [-0.1, -0.05) is 0 Å². The van der Waals surface area contributed by atoms with Gasteiger partial charge in [-0.05, 0) is 18.2 Å². The van der Waals surface area contributed by atoms with Crippen LogP contribution in [0.5, 0.6) is 0 Å². The molecule has 12 nitrogen and oxygen atoms in total. The predicted octanol–water partition coefficient (Wildman–Crippen LogP) is 3.06. The van der Waals surface area contributed by atoms with Crippen LogP contribution in [0.4, 0.5) is 32.0 Å². The van der Waals surface area contributed by atoms with Crippen LogP contribution in [0.15, 0.2) is 54.0 Å². The van der Waals surface area contributed by atoms with Gasteiger partial charge in [0.1, 0.15) is 11.2 Å².